The van der Waals surface area contributed by atoms with Crippen LogP contribution in [0.5, 0.6) is 0 Å². The molecule has 208 valence electrons. The van der Waals surface area contributed by atoms with Crippen molar-refractivity contribution in [3.8, 4) is 0 Å². The van der Waals surface area contributed by atoms with Gasteiger partial charge in [-0.1, -0.05) is 71.9 Å². The first-order valence-corrected chi connectivity index (χ1v) is 24.8. The molecule has 0 heterocycles. The number of rotatable bonds is 3. The maximum absolute atomic E-state index is 4.93. The number of hydrogen-bond donors (Lipinski definition) is 0. The predicted octanol–water partition coefficient (Wildman–Crippen LogP) is 11.5. The van der Waals surface area contributed by atoms with Gasteiger partial charge in [0.25, 0.3) is 0 Å². The van der Waals surface area contributed by atoms with Crippen molar-refractivity contribution in [1.82, 2.24) is 0 Å². The van der Waals surface area contributed by atoms with Crippen molar-refractivity contribution in [3.05, 3.63) is 14.9 Å². The summed E-state index contributed by atoms with van der Waals surface area (Å²) in [7, 11) is 8.63. The normalized spacial score (nSPS) is 45.0. The zero-order chi connectivity index (χ0) is 24.0. The van der Waals surface area contributed by atoms with Gasteiger partial charge < -0.3 is 14.9 Å². The fourth-order valence-corrected chi connectivity index (χ4v) is 17.2. The van der Waals surface area contributed by atoms with Crippen LogP contribution in [0.3, 0.4) is 0 Å². The molecule has 0 N–H and O–H groups in total. The van der Waals surface area contributed by atoms with Crippen molar-refractivity contribution in [1.29, 1.82) is 0 Å². The first-order valence-electron chi connectivity index (χ1n) is 15.3. The average molecular weight is 633 g/mol. The van der Waals surface area contributed by atoms with Crippen LogP contribution in [0, 0.1) is 74.0 Å². The Bertz CT molecular complexity index is 683. The molecule has 6 aliphatic carbocycles. The van der Waals surface area contributed by atoms with Gasteiger partial charge in [-0.05, 0) is 115 Å². The third-order valence-corrected chi connectivity index (χ3v) is 18.3. The van der Waals surface area contributed by atoms with Crippen LogP contribution in [0.15, 0.2) is 0 Å². The van der Waals surface area contributed by atoms with Crippen LogP contribution in [0.1, 0.15) is 104 Å². The van der Waals surface area contributed by atoms with Crippen LogP contribution >= 0.6 is 17.0 Å². The Morgan fingerprint density at radius 2 is 1.17 bits per heavy atom. The monoisotopic (exact) mass is 630 g/mol. The molecule has 0 aromatic rings. The molecular weight excluding hydrogens is 575 g/mol. The van der Waals surface area contributed by atoms with E-state index < -0.39 is 28.9 Å². The van der Waals surface area contributed by atoms with E-state index in [4.69, 9.17) is 17.0 Å². The first-order chi connectivity index (χ1) is 16.4. The molecule has 0 saturated heterocycles. The molecule has 6 aliphatic rings. The Hall–Kier alpha value is 1.68. The second-order valence-corrected chi connectivity index (χ2v) is 23.5. The molecule has 6 saturated carbocycles. The van der Waals surface area contributed by atoms with Gasteiger partial charge in [-0.2, -0.15) is 0 Å². The quantitative estimate of drug-likeness (QED) is 0.214. The van der Waals surface area contributed by atoms with Crippen LogP contribution < -0.4 is 0 Å². The zero-order valence-electron chi connectivity index (χ0n) is 24.6. The molecule has 0 radical (unpaired) electrons. The summed E-state index contributed by atoms with van der Waals surface area (Å²) in [6, 6.07) is 0. The van der Waals surface area contributed by atoms with Crippen molar-refractivity contribution in [3.63, 3.8) is 0 Å². The van der Waals surface area contributed by atoms with E-state index in [2.05, 4.69) is 26.9 Å². The van der Waals surface area contributed by atoms with E-state index in [1.165, 1.54) is 11.1 Å². The molecule has 0 spiro atoms. The first kappa shape index (κ1) is 32.2. The molecule has 0 aromatic carbocycles. The van der Waals surface area contributed by atoms with E-state index >= 15 is 0 Å². The van der Waals surface area contributed by atoms with Gasteiger partial charge in [0.1, 0.15) is 0 Å². The summed E-state index contributed by atoms with van der Waals surface area (Å²) >= 11 is -0.826. The van der Waals surface area contributed by atoms with Crippen molar-refractivity contribution in [2.75, 3.05) is 0 Å². The second kappa shape index (κ2) is 13.6. The van der Waals surface area contributed by atoms with Gasteiger partial charge in [-0.15, -0.1) is 0 Å². The predicted molar refractivity (Wildman–Crippen MR) is 160 cm³/mol. The third-order valence-electron chi connectivity index (χ3n) is 13.1. The second-order valence-electron chi connectivity index (χ2n) is 14.7. The standard InChI is InChI=1S/C30H52Si.2CH3.2ClH.Zr/c1-19(2)26-18-30(28-17-22-10-7-9-21(22)16-27(26)28)31(3,4)29-15-14-24-23-11-6-5-8-20(23)12-13-25(24)29;;;;;/h19-30H,5-18H2,1-4H3;2*1H3;2*1H;/q;2*-1;;;+4/p-2. The summed E-state index contributed by atoms with van der Waals surface area (Å²) in [5.41, 5.74) is 2.34. The van der Waals surface area contributed by atoms with Crippen LogP contribution in [0.2, 0.25) is 24.2 Å². The summed E-state index contributed by atoms with van der Waals surface area (Å²) in [6.45, 7) is 11.0. The molecule has 6 rings (SSSR count). The van der Waals surface area contributed by atoms with Gasteiger partial charge in [0.05, 0.1) is 8.07 Å². The maximum atomic E-state index is 4.93. The third kappa shape index (κ3) is 5.98. The molecule has 4 heteroatoms. The van der Waals surface area contributed by atoms with Crippen molar-refractivity contribution in [2.45, 2.75) is 128 Å². The molecule has 0 aromatic heterocycles. The molecule has 11 atom stereocenters. The Morgan fingerprint density at radius 1 is 0.583 bits per heavy atom. The van der Waals surface area contributed by atoms with Crippen LogP contribution in [0.4, 0.5) is 0 Å². The van der Waals surface area contributed by atoms with Crippen molar-refractivity contribution < 1.29 is 20.8 Å². The van der Waals surface area contributed by atoms with Gasteiger partial charge in [0, 0.05) is 0 Å². The fourth-order valence-electron chi connectivity index (χ4n) is 11.8. The summed E-state index contributed by atoms with van der Waals surface area (Å²) in [6.07, 6.45) is 22.5. The van der Waals surface area contributed by atoms with Crippen molar-refractivity contribution >= 4 is 25.1 Å². The van der Waals surface area contributed by atoms with Gasteiger partial charge in [0.15, 0.2) is 0 Å². The summed E-state index contributed by atoms with van der Waals surface area (Å²) in [4.78, 5) is 0. The SMILES string of the molecule is CC(C)C1CC([Si](C)(C)C2CCC3C4CCCCC4CCC32)C2CC3CCCC3CC12.[CH3-].[CH3-].[Cl][Zr+2][Cl]. The van der Waals surface area contributed by atoms with Gasteiger partial charge in [0.2, 0.25) is 0 Å². The fraction of sp³-hybridized carbons (Fsp3) is 0.938. The zero-order valence-corrected chi connectivity index (χ0v) is 29.6. The Labute approximate surface area is 246 Å². The van der Waals surface area contributed by atoms with E-state index in [1.54, 1.807) is 89.9 Å². The molecule has 0 amide bonds. The molecule has 11 unspecified atom stereocenters. The number of fused-ring (bicyclic) bond motifs is 5. The van der Waals surface area contributed by atoms with Gasteiger partial charge in [-0.3, -0.25) is 0 Å². The van der Waals surface area contributed by atoms with E-state index in [0.717, 1.165) is 59.2 Å². The van der Waals surface area contributed by atoms with Gasteiger partial charge in [-0.25, -0.2) is 0 Å². The summed E-state index contributed by atoms with van der Waals surface area (Å²) in [5, 5.41) is 0. The van der Waals surface area contributed by atoms with E-state index in [1.807, 2.05) is 0 Å². The van der Waals surface area contributed by atoms with Crippen LogP contribution in [-0.2, 0) is 20.8 Å². The average Bonchev–Trinajstić information content (AvgIpc) is 3.54. The Balaban J connectivity index is 0.000000690. The molecule has 36 heavy (non-hydrogen) atoms. The Morgan fingerprint density at radius 3 is 1.83 bits per heavy atom. The van der Waals surface area contributed by atoms with Crippen LogP contribution in [0.25, 0.3) is 0 Å². The topological polar surface area (TPSA) is 0 Å². The molecule has 0 aliphatic heterocycles. The molecule has 6 fully saturated rings. The van der Waals surface area contributed by atoms with Crippen molar-refractivity contribution in [2.24, 2.45) is 59.2 Å². The molecular formula is C32H58Cl2SiZr. The minimum absolute atomic E-state index is 0. The minimum atomic E-state index is -1.24. The summed E-state index contributed by atoms with van der Waals surface area (Å²) in [5.74, 6) is 11.1. The van der Waals surface area contributed by atoms with E-state index in [9.17, 15) is 0 Å². The van der Waals surface area contributed by atoms with E-state index in [0.29, 0.717) is 0 Å². The molecule has 0 bridgehead atoms. The molecule has 0 nitrogen and oxygen atoms in total. The number of halogens is 2. The van der Waals surface area contributed by atoms with Crippen LogP contribution in [-0.4, -0.2) is 8.07 Å². The van der Waals surface area contributed by atoms with Gasteiger partial charge >= 0.3 is 37.9 Å². The van der Waals surface area contributed by atoms with E-state index in [-0.39, 0.29) is 14.9 Å². The number of hydrogen-bond acceptors (Lipinski definition) is 0. The Kier molecular flexibility index (Phi) is 12.1. The summed E-state index contributed by atoms with van der Waals surface area (Å²) < 4.78 is 0.